The number of nitrogens with two attached hydrogens (primary N) is 2. The lowest BCUT2D eigenvalue weighted by Crippen LogP contribution is -2.61. The molecule has 4 saturated heterocycles. The number of ketones is 3. The van der Waals surface area contributed by atoms with Crippen LogP contribution in [0.5, 0.6) is 0 Å². The number of allylic oxidation sites excluding steroid dienone is 6. The summed E-state index contributed by atoms with van der Waals surface area (Å²) in [5.41, 5.74) is 22.2. The van der Waals surface area contributed by atoms with Crippen molar-refractivity contribution in [3.05, 3.63) is 160 Å². The van der Waals surface area contributed by atoms with Crippen molar-refractivity contribution in [3.8, 4) is 11.3 Å². The molecule has 1 saturated carbocycles. The predicted octanol–water partition coefficient (Wildman–Crippen LogP) is 9.40. The number of piperazine rings is 2. The average molecular weight is 1870 g/mol. The number of nitrogens with zero attached hydrogens (tertiary/aromatic N) is 18. The van der Waals surface area contributed by atoms with Crippen LogP contribution in [0.3, 0.4) is 0 Å². The number of amides is 4. The Morgan fingerprint density at radius 3 is 2.06 bits per heavy atom. The number of methoxy groups -OCH3 is 3. The highest BCUT2D eigenvalue weighted by Crippen LogP contribution is 2.41. The number of nitrogen functional groups attached to an aromatic ring is 2. The Balaban J connectivity index is 0.487. The second kappa shape index (κ2) is 42.5. The number of carbonyl (C=O) groups is 8. The Morgan fingerprint density at radius 1 is 0.654 bits per heavy atom. The molecular weight excluding hydrogens is 1740 g/mol. The van der Waals surface area contributed by atoms with E-state index in [9.17, 15) is 48.6 Å². The molecule has 16 rings (SSSR count). The maximum Gasteiger partial charge on any atom is 0.410 e. The largest absolute Gasteiger partial charge is 0.460 e. The number of aromatic nitrogens is 11. The van der Waals surface area contributed by atoms with Crippen molar-refractivity contribution in [3.63, 3.8) is 0 Å². The molecule has 722 valence electrons. The van der Waals surface area contributed by atoms with Gasteiger partial charge in [0.2, 0.25) is 23.6 Å². The monoisotopic (exact) mass is 1860 g/mol. The first-order chi connectivity index (χ1) is 65.5. The van der Waals surface area contributed by atoms with Gasteiger partial charge in [-0.15, -0.1) is 0 Å². The van der Waals surface area contributed by atoms with Crippen molar-refractivity contribution < 1.29 is 81.4 Å². The zero-order valence-corrected chi connectivity index (χ0v) is 79.0. The number of carbonyl (C=O) groups excluding carboxylic acids is 8. The molecule has 2 aromatic carbocycles. The standard InChI is InChI=1S/C99H124N20O17/c1-57-16-12-11-13-17-58(2)79(130-8)46-72-24-19-63(7)99(129,136-72)87(123)92(126)118-29-15-14-18-75(118)93(127)133-80(47-76(120)59(3)41-62(6)85(122)86(132-10)84(121)61(5)40-57)60(4)42-64-21-25-78(81(44-64)131-9)135-98(128)117-31-28-73-71(55-117)52-106-97(110-73)115-38-36-114(37-39-115)96-102-48-69(49-103-96)90(124)112-32-34-113(35-33-112)95-104-50-70(51-105-95)91(125)116-30-27-66-43-65(20-22-68(66)54-116)53-119-89-82(88(100)107-56-108-89)83(111-119)67-23-26-77-74(45-67)109-94(101)134-77/h11-13,16-17,20,22-23,26,41,43,45,48-52,56-57,59-61,63-64,72,75,78-81,85-86,122,129H,14-15,18-19,21,24-25,27-40,42,44,46-47,53-55H2,1-10H3,(H2,101,109)(H2,100,107,108)/b13-11+,16-12+,58-17+,62-41+/t57-,59-,60-,61-,63-,64+,72+,75+,78-,79+,80+,81-,85-,86+,99-/m1/s1. The van der Waals surface area contributed by atoms with Crippen LogP contribution in [-0.2, 0) is 84.9 Å². The lowest BCUT2D eigenvalue weighted by Gasteiger charge is -2.42. The van der Waals surface area contributed by atoms with Gasteiger partial charge in [-0.25, -0.2) is 54.1 Å². The molecule has 13 heterocycles. The molecule has 136 heavy (non-hydrogen) atoms. The van der Waals surface area contributed by atoms with E-state index >= 15 is 0 Å². The maximum absolute atomic E-state index is 14.9. The van der Waals surface area contributed by atoms with Crippen molar-refractivity contribution in [2.75, 3.05) is 119 Å². The number of aliphatic hydroxyl groups excluding tert-OH is 1. The molecule has 15 atom stereocenters. The fourth-order valence-electron chi connectivity index (χ4n) is 20.3. The average Bonchev–Trinajstić information content (AvgIpc) is 1.40. The second-order valence-corrected chi connectivity index (χ2v) is 37.8. The minimum Gasteiger partial charge on any atom is -0.460 e. The number of rotatable bonds is 15. The molecular formula is C99H124N20O17. The van der Waals surface area contributed by atoms with Gasteiger partial charge < -0.3 is 88.8 Å². The zero-order valence-electron chi connectivity index (χ0n) is 79.0. The first kappa shape index (κ1) is 96.7. The van der Waals surface area contributed by atoms with Gasteiger partial charge in [0.1, 0.15) is 59.6 Å². The van der Waals surface area contributed by atoms with Gasteiger partial charge in [-0.05, 0) is 148 Å². The molecule has 6 aromatic heterocycles. The van der Waals surface area contributed by atoms with E-state index in [4.69, 9.17) is 59.4 Å². The molecule has 4 amide bonds. The number of fused-ring (bicyclic) bond motifs is 7. The van der Waals surface area contributed by atoms with Crippen LogP contribution >= 0.6 is 0 Å². The van der Waals surface area contributed by atoms with Crippen molar-refractivity contribution in [1.29, 1.82) is 0 Å². The van der Waals surface area contributed by atoms with E-state index in [1.807, 2.05) is 83.8 Å². The number of cyclic esters (lactones) is 1. The van der Waals surface area contributed by atoms with E-state index in [1.165, 1.54) is 18.3 Å². The first-order valence-corrected chi connectivity index (χ1v) is 47.5. The van der Waals surface area contributed by atoms with Gasteiger partial charge >= 0.3 is 12.1 Å². The minimum absolute atomic E-state index is 0.0262. The summed E-state index contributed by atoms with van der Waals surface area (Å²) >= 11 is 0. The summed E-state index contributed by atoms with van der Waals surface area (Å²) in [4.78, 5) is 169. The normalized spacial score (nSPS) is 27.8. The molecule has 37 nitrogen and oxygen atoms in total. The summed E-state index contributed by atoms with van der Waals surface area (Å²) < 4.78 is 44.0. The van der Waals surface area contributed by atoms with E-state index in [1.54, 1.807) is 94.8 Å². The Kier molecular flexibility index (Phi) is 30.2. The molecule has 6 N–H and O–H groups in total. The summed E-state index contributed by atoms with van der Waals surface area (Å²) in [6, 6.07) is 10.6. The van der Waals surface area contributed by atoms with Crippen LogP contribution in [0.4, 0.5) is 34.5 Å². The van der Waals surface area contributed by atoms with Crippen LogP contribution in [0.15, 0.2) is 126 Å². The summed E-state index contributed by atoms with van der Waals surface area (Å²) in [7, 11) is 4.52. The third kappa shape index (κ3) is 21.5. The first-order valence-electron chi connectivity index (χ1n) is 47.5. The molecule has 7 aliphatic heterocycles. The smallest absolute Gasteiger partial charge is 0.410 e. The number of Topliss-reactive ketones (excluding diaryl/α,β-unsaturated/α-hetero) is 3. The quantitative estimate of drug-likeness (QED) is 0.0421. The van der Waals surface area contributed by atoms with Crippen LogP contribution in [-0.4, -0.2) is 279 Å². The van der Waals surface area contributed by atoms with E-state index in [2.05, 4.69) is 56.8 Å². The van der Waals surface area contributed by atoms with Crippen LogP contribution in [0.25, 0.3) is 33.4 Å². The van der Waals surface area contributed by atoms with Crippen LogP contribution < -0.4 is 26.2 Å². The maximum atomic E-state index is 14.9. The minimum atomic E-state index is -2.49. The number of anilines is 5. The predicted molar refractivity (Wildman–Crippen MR) is 503 cm³/mol. The molecule has 1 aliphatic carbocycles. The van der Waals surface area contributed by atoms with Gasteiger partial charge in [0.15, 0.2) is 17.0 Å². The van der Waals surface area contributed by atoms with Crippen LogP contribution in [0, 0.1) is 35.5 Å². The summed E-state index contributed by atoms with van der Waals surface area (Å²) in [5.74, 6) is -7.25. The summed E-state index contributed by atoms with van der Waals surface area (Å²) in [5, 5.41) is 29.5. The lowest BCUT2D eigenvalue weighted by molar-refractivity contribution is -0.265. The molecule has 0 unspecified atom stereocenters. The number of ether oxygens (including phenoxy) is 6. The van der Waals surface area contributed by atoms with E-state index < -0.39 is 102 Å². The van der Waals surface area contributed by atoms with E-state index in [-0.39, 0.29) is 73.6 Å². The van der Waals surface area contributed by atoms with Crippen LogP contribution in [0.1, 0.15) is 174 Å². The molecule has 8 aromatic rings. The molecule has 0 radical (unpaired) electrons. The number of piperidine rings is 1. The summed E-state index contributed by atoms with van der Waals surface area (Å²) in [6.07, 6.45) is 19.9. The van der Waals surface area contributed by atoms with Crippen molar-refractivity contribution in [2.45, 2.75) is 213 Å². The third-order valence-electron chi connectivity index (χ3n) is 28.5. The summed E-state index contributed by atoms with van der Waals surface area (Å²) in [6.45, 7) is 18.7. The van der Waals surface area contributed by atoms with Gasteiger partial charge in [0.25, 0.3) is 29.5 Å². The Labute approximate surface area is 789 Å². The number of aliphatic hydroxyl groups is 2. The number of hydrogen-bond acceptors (Lipinski definition) is 32. The van der Waals surface area contributed by atoms with Gasteiger partial charge in [-0.2, -0.15) is 10.1 Å². The van der Waals surface area contributed by atoms with E-state index in [0.717, 1.165) is 39.1 Å². The third-order valence-corrected chi connectivity index (χ3v) is 28.5. The fraction of sp³-hybridized carbons (Fsp3) is 0.535. The van der Waals surface area contributed by atoms with Gasteiger partial charge in [-0.3, -0.25) is 28.8 Å². The van der Waals surface area contributed by atoms with Crippen molar-refractivity contribution in [2.24, 2.45) is 35.5 Å². The Hall–Kier alpha value is -12.4. The SMILES string of the molecule is CO[C@H]1C[C@@H]2CC[C@@H](C)[C@@](O)(O2)C(=O)C(=O)N2CCCC[C@H]2C(=O)O[C@H]([C@H](C)C[C@@H]2CC[C@@H](OC(=O)N3CCc4nc(N5CCN(c6ncc(C(=O)N7CCN(c8ncc(C(=O)N9CCc%10cc(Cn%11nc(-c%12ccc%13oc(N)nc%13c%12)c%12c(N)ncnc%12%11)ccc%10C9)cn8)CC7)cn6)CC5)ncc4C3)[C@H](OC)C2)CC(=O)[C@H](C)/C=C(\C)[C@@H](O)[C@@H](OC)C(=O)[C@H](C)C[C@H](C)/C=C/C=C/C=C/1C. The Morgan fingerprint density at radius 2 is 1.35 bits per heavy atom. The highest BCUT2D eigenvalue weighted by Gasteiger charge is 2.54. The number of hydrogen-bond donors (Lipinski definition) is 4. The van der Waals surface area contributed by atoms with Gasteiger partial charge in [0.05, 0.1) is 53.6 Å². The molecule has 8 aliphatic rings. The molecule has 2 bridgehead atoms. The van der Waals surface area contributed by atoms with Crippen LogP contribution in [0.2, 0.25) is 0 Å². The van der Waals surface area contributed by atoms with Gasteiger partial charge in [0, 0.05) is 179 Å². The van der Waals surface area contributed by atoms with Crippen molar-refractivity contribution >= 4 is 98.9 Å². The topological polar surface area (TPSA) is 454 Å². The Bertz CT molecular complexity index is 5850. The number of esters is 1. The highest BCUT2D eigenvalue weighted by molar-refractivity contribution is 6.39. The number of oxazole rings is 1. The number of benzene rings is 2. The fourth-order valence-corrected chi connectivity index (χ4v) is 20.3. The highest BCUT2D eigenvalue weighted by atomic mass is 16.6. The van der Waals surface area contributed by atoms with E-state index in [0.29, 0.717) is 217 Å². The lowest BCUT2D eigenvalue weighted by atomic mass is 9.78. The molecule has 5 fully saturated rings. The zero-order chi connectivity index (χ0) is 95.9. The van der Waals surface area contributed by atoms with Gasteiger partial charge in [-0.1, -0.05) is 89.3 Å². The molecule has 0 spiro atoms. The molecule has 37 heteroatoms. The second-order valence-electron chi connectivity index (χ2n) is 37.8. The van der Waals surface area contributed by atoms with Crippen molar-refractivity contribution in [1.82, 2.24) is 74.2 Å².